The van der Waals surface area contributed by atoms with Crippen LogP contribution in [0, 0.1) is 6.92 Å². The van der Waals surface area contributed by atoms with Crippen LogP contribution in [0.2, 0.25) is 0 Å². The van der Waals surface area contributed by atoms with Crippen molar-refractivity contribution in [1.82, 2.24) is 20.1 Å². The number of para-hydroxylation sites is 1. The van der Waals surface area contributed by atoms with E-state index in [2.05, 4.69) is 26.1 Å². The molecule has 1 unspecified atom stereocenters. The van der Waals surface area contributed by atoms with Gasteiger partial charge in [-0.15, -0.1) is 10.2 Å². The van der Waals surface area contributed by atoms with Crippen molar-refractivity contribution >= 4 is 0 Å². The lowest BCUT2D eigenvalue weighted by molar-refractivity contribution is 0.173. The molecule has 0 saturated carbocycles. The van der Waals surface area contributed by atoms with Crippen molar-refractivity contribution < 1.29 is 9.47 Å². The number of fused-ring (bicyclic) bond motifs is 2. The molecule has 1 aromatic carbocycles. The summed E-state index contributed by atoms with van der Waals surface area (Å²) in [6.07, 6.45) is 2.07. The fraction of sp³-hybridized carbons (Fsp3) is 0.467. The van der Waals surface area contributed by atoms with Crippen LogP contribution in [-0.4, -0.2) is 27.6 Å². The number of aryl methyl sites for hydroxylation is 2. The van der Waals surface area contributed by atoms with Crippen molar-refractivity contribution in [2.75, 3.05) is 6.79 Å². The van der Waals surface area contributed by atoms with E-state index in [1.54, 1.807) is 0 Å². The summed E-state index contributed by atoms with van der Waals surface area (Å²) in [6.45, 7) is 4.04. The predicted molar refractivity (Wildman–Crippen MR) is 76.3 cm³/mol. The highest BCUT2D eigenvalue weighted by Gasteiger charge is 2.22. The van der Waals surface area contributed by atoms with Crippen LogP contribution in [0.3, 0.4) is 0 Å². The minimum absolute atomic E-state index is 0.318. The van der Waals surface area contributed by atoms with Crippen LogP contribution in [-0.2, 0) is 19.5 Å². The van der Waals surface area contributed by atoms with Crippen LogP contribution in [0.15, 0.2) is 18.2 Å². The smallest absolute Gasteiger partial charge is 0.231 e. The Morgan fingerprint density at radius 1 is 1.33 bits per heavy atom. The van der Waals surface area contributed by atoms with Gasteiger partial charge in [0.1, 0.15) is 11.6 Å². The number of hydrogen-bond donors (Lipinski definition) is 1. The zero-order valence-corrected chi connectivity index (χ0v) is 12.0. The number of nitrogens with one attached hydrogen (secondary N) is 1. The van der Waals surface area contributed by atoms with Gasteiger partial charge in [-0.2, -0.15) is 0 Å². The van der Waals surface area contributed by atoms with Gasteiger partial charge < -0.3 is 19.4 Å². The van der Waals surface area contributed by atoms with Crippen molar-refractivity contribution in [3.8, 4) is 11.5 Å². The molecule has 21 heavy (non-hydrogen) atoms. The summed E-state index contributed by atoms with van der Waals surface area (Å²) < 4.78 is 13.2. The second-order valence-corrected chi connectivity index (χ2v) is 5.54. The van der Waals surface area contributed by atoms with Crippen LogP contribution >= 0.6 is 0 Å². The first-order valence-electron chi connectivity index (χ1n) is 7.31. The summed E-state index contributed by atoms with van der Waals surface area (Å²) in [5.41, 5.74) is 1.15. The van der Waals surface area contributed by atoms with Crippen molar-refractivity contribution in [1.29, 1.82) is 0 Å². The molecule has 0 spiro atoms. The maximum absolute atomic E-state index is 5.55. The first kappa shape index (κ1) is 12.6. The van der Waals surface area contributed by atoms with Crippen LogP contribution < -0.4 is 14.8 Å². The molecule has 1 aromatic heterocycles. The number of benzene rings is 1. The van der Waals surface area contributed by atoms with Gasteiger partial charge in [-0.1, -0.05) is 12.1 Å². The first-order valence-corrected chi connectivity index (χ1v) is 7.31. The molecule has 0 amide bonds. The Hall–Kier alpha value is -2.08. The first-order chi connectivity index (χ1) is 10.3. The third-order valence-corrected chi connectivity index (χ3v) is 4.19. The maximum Gasteiger partial charge on any atom is 0.231 e. The van der Waals surface area contributed by atoms with E-state index in [-0.39, 0.29) is 0 Å². The number of nitrogens with zero attached hydrogens (tertiary/aromatic N) is 3. The lowest BCUT2D eigenvalue weighted by atomic mass is 10.1. The Morgan fingerprint density at radius 3 is 3.24 bits per heavy atom. The van der Waals surface area contributed by atoms with Crippen molar-refractivity contribution in [2.45, 2.75) is 38.9 Å². The van der Waals surface area contributed by atoms with Gasteiger partial charge in [0, 0.05) is 31.1 Å². The lowest BCUT2D eigenvalue weighted by Gasteiger charge is -2.25. The third-order valence-electron chi connectivity index (χ3n) is 4.19. The van der Waals surface area contributed by atoms with Crippen LogP contribution in [0.1, 0.15) is 23.6 Å². The molecule has 1 atom stereocenters. The van der Waals surface area contributed by atoms with Crippen LogP contribution in [0.4, 0.5) is 0 Å². The zero-order valence-electron chi connectivity index (χ0n) is 12.0. The monoisotopic (exact) mass is 286 g/mol. The summed E-state index contributed by atoms with van der Waals surface area (Å²) in [5.74, 6) is 3.81. The summed E-state index contributed by atoms with van der Waals surface area (Å²) in [5, 5.41) is 12.0. The Balaban J connectivity index is 1.44. The minimum atomic E-state index is 0.318. The quantitative estimate of drug-likeness (QED) is 0.924. The van der Waals surface area contributed by atoms with Crippen molar-refractivity contribution in [2.24, 2.45) is 0 Å². The average Bonchev–Trinajstić information content (AvgIpc) is 3.12. The van der Waals surface area contributed by atoms with Gasteiger partial charge in [0.15, 0.2) is 11.5 Å². The molecular weight excluding hydrogens is 268 g/mol. The number of aromatic nitrogens is 3. The minimum Gasteiger partial charge on any atom is -0.454 e. The molecule has 2 aliphatic rings. The highest BCUT2D eigenvalue weighted by atomic mass is 16.7. The molecule has 6 heteroatoms. The van der Waals surface area contributed by atoms with Gasteiger partial charge in [-0.25, -0.2) is 0 Å². The lowest BCUT2D eigenvalue weighted by Crippen LogP contribution is -2.37. The highest BCUT2D eigenvalue weighted by Crippen LogP contribution is 2.35. The third kappa shape index (κ3) is 2.25. The van der Waals surface area contributed by atoms with Crippen molar-refractivity contribution in [3.63, 3.8) is 0 Å². The molecular formula is C15H18N4O2. The fourth-order valence-electron chi connectivity index (χ4n) is 3.01. The molecule has 0 bridgehead atoms. The summed E-state index contributed by atoms with van der Waals surface area (Å²) in [4.78, 5) is 0. The van der Waals surface area contributed by atoms with E-state index in [1.165, 1.54) is 0 Å². The van der Waals surface area contributed by atoms with Gasteiger partial charge in [0.2, 0.25) is 6.79 Å². The van der Waals surface area contributed by atoms with E-state index in [1.807, 2.05) is 19.1 Å². The summed E-state index contributed by atoms with van der Waals surface area (Å²) in [6, 6.07) is 6.47. The van der Waals surface area contributed by atoms with E-state index in [0.29, 0.717) is 12.8 Å². The van der Waals surface area contributed by atoms with Crippen molar-refractivity contribution in [3.05, 3.63) is 35.4 Å². The fourth-order valence-corrected chi connectivity index (χ4v) is 3.01. The van der Waals surface area contributed by atoms with Gasteiger partial charge in [-0.05, 0) is 19.4 Å². The normalized spacial score (nSPS) is 19.6. The van der Waals surface area contributed by atoms with Crippen LogP contribution in [0.5, 0.6) is 11.5 Å². The maximum atomic E-state index is 5.55. The number of ether oxygens (including phenoxy) is 2. The molecule has 0 saturated heterocycles. The van der Waals surface area contributed by atoms with Gasteiger partial charge in [0.25, 0.3) is 0 Å². The SMILES string of the molecule is Cc1nnc2n1CC(NCc1cccc3c1OCO3)CC2. The Labute approximate surface area is 123 Å². The Kier molecular flexibility index (Phi) is 3.03. The topological polar surface area (TPSA) is 61.2 Å². The molecule has 0 aliphatic carbocycles. The van der Waals surface area contributed by atoms with E-state index < -0.39 is 0 Å². The van der Waals surface area contributed by atoms with Gasteiger partial charge in [-0.3, -0.25) is 0 Å². The Bertz CT molecular complexity index is 668. The average molecular weight is 286 g/mol. The molecule has 0 fully saturated rings. The second kappa shape index (κ2) is 5.04. The standard InChI is InChI=1S/C15H18N4O2/c1-10-17-18-14-6-5-12(8-19(10)14)16-7-11-3-2-4-13-15(11)21-9-20-13/h2-4,12,16H,5-9H2,1H3. The van der Waals surface area contributed by atoms with E-state index >= 15 is 0 Å². The number of hydrogen-bond acceptors (Lipinski definition) is 5. The summed E-state index contributed by atoms with van der Waals surface area (Å²) >= 11 is 0. The molecule has 6 nitrogen and oxygen atoms in total. The molecule has 2 aromatic rings. The zero-order chi connectivity index (χ0) is 14.2. The summed E-state index contributed by atoms with van der Waals surface area (Å²) in [7, 11) is 0. The largest absolute Gasteiger partial charge is 0.454 e. The predicted octanol–water partition coefficient (Wildman–Crippen LogP) is 1.42. The second-order valence-electron chi connectivity index (χ2n) is 5.54. The highest BCUT2D eigenvalue weighted by molar-refractivity contribution is 5.48. The van der Waals surface area contributed by atoms with Gasteiger partial charge >= 0.3 is 0 Å². The Morgan fingerprint density at radius 2 is 2.29 bits per heavy atom. The van der Waals surface area contributed by atoms with Crippen LogP contribution in [0.25, 0.3) is 0 Å². The molecule has 2 aliphatic heterocycles. The number of rotatable bonds is 3. The van der Waals surface area contributed by atoms with Gasteiger partial charge in [0.05, 0.1) is 0 Å². The van der Waals surface area contributed by atoms with E-state index in [9.17, 15) is 0 Å². The van der Waals surface area contributed by atoms with E-state index in [4.69, 9.17) is 9.47 Å². The molecule has 3 heterocycles. The molecule has 0 radical (unpaired) electrons. The molecule has 4 rings (SSSR count). The molecule has 1 N–H and O–H groups in total. The molecule has 110 valence electrons. The van der Waals surface area contributed by atoms with E-state index in [0.717, 1.165) is 54.6 Å².